The van der Waals surface area contributed by atoms with Crippen LogP contribution in [0.2, 0.25) is 5.02 Å². The van der Waals surface area contributed by atoms with Gasteiger partial charge in [0.15, 0.2) is 0 Å². The van der Waals surface area contributed by atoms with Gasteiger partial charge in [-0.2, -0.15) is 5.10 Å². The smallest absolute Gasteiger partial charge is 0.335 e. The van der Waals surface area contributed by atoms with Crippen molar-refractivity contribution in [3.8, 4) is 5.75 Å². The molecule has 0 aliphatic heterocycles. The minimum atomic E-state index is -1.02. The zero-order chi connectivity index (χ0) is 15.6. The summed E-state index contributed by atoms with van der Waals surface area (Å²) in [5.41, 5.74) is 1.93. The molecule has 0 amide bonds. The first-order valence-electron chi connectivity index (χ1n) is 6.31. The molecule has 0 atom stereocenters. The van der Waals surface area contributed by atoms with Crippen molar-refractivity contribution in [2.75, 3.05) is 0 Å². The number of rotatable bonds is 5. The van der Waals surface area contributed by atoms with E-state index in [-0.39, 0.29) is 10.6 Å². The summed E-state index contributed by atoms with van der Waals surface area (Å²) in [7, 11) is 0. The number of carbonyl (C=O) groups is 1. The number of carboxylic acids is 1. The molecule has 0 unspecified atom stereocenters. The van der Waals surface area contributed by atoms with Gasteiger partial charge in [0.05, 0.1) is 26.4 Å². The van der Waals surface area contributed by atoms with Crippen LogP contribution in [0.4, 0.5) is 0 Å². The van der Waals surface area contributed by atoms with Crippen LogP contribution in [0.1, 0.15) is 28.7 Å². The van der Waals surface area contributed by atoms with Crippen LogP contribution >= 0.6 is 27.5 Å². The van der Waals surface area contributed by atoms with Gasteiger partial charge in [-0.05, 0) is 48.0 Å². The number of hydrogen-bond acceptors (Lipinski definition) is 3. The molecule has 1 heterocycles. The molecule has 0 aliphatic rings. The lowest BCUT2D eigenvalue weighted by Crippen LogP contribution is -2.07. The Balaban J connectivity index is 2.19. The Morgan fingerprint density at radius 1 is 1.52 bits per heavy atom. The number of hydrogen-bond donors (Lipinski definition) is 1. The van der Waals surface area contributed by atoms with Crippen molar-refractivity contribution in [2.45, 2.75) is 27.0 Å². The maximum atomic E-state index is 10.9. The highest BCUT2D eigenvalue weighted by Gasteiger charge is 2.14. The molecule has 1 aromatic carbocycles. The van der Waals surface area contributed by atoms with Crippen LogP contribution in [0, 0.1) is 6.92 Å². The molecule has 0 radical (unpaired) electrons. The monoisotopic (exact) mass is 372 g/mol. The lowest BCUT2D eigenvalue weighted by atomic mass is 10.2. The van der Waals surface area contributed by atoms with Crippen LogP contribution in [0.5, 0.6) is 5.75 Å². The summed E-state index contributed by atoms with van der Waals surface area (Å²) in [4.78, 5) is 10.9. The van der Waals surface area contributed by atoms with Crippen molar-refractivity contribution in [3.05, 3.63) is 44.6 Å². The molecular weight excluding hydrogens is 360 g/mol. The quantitative estimate of drug-likeness (QED) is 0.863. The molecule has 1 N–H and O–H groups in total. The Morgan fingerprint density at radius 3 is 2.81 bits per heavy atom. The van der Waals surface area contributed by atoms with Crippen LogP contribution in [-0.4, -0.2) is 20.9 Å². The van der Waals surface area contributed by atoms with E-state index in [1.165, 1.54) is 12.1 Å². The number of nitrogens with zero attached hydrogens (tertiary/aromatic N) is 2. The standard InChI is InChI=1S/C14H14BrClN2O3/c1-3-18-11(13(15)8(2)17-18)7-21-12-5-4-9(14(19)20)6-10(12)16/h4-6H,3,7H2,1-2H3,(H,19,20). The van der Waals surface area contributed by atoms with Gasteiger partial charge < -0.3 is 9.84 Å². The molecule has 0 saturated carbocycles. The van der Waals surface area contributed by atoms with E-state index < -0.39 is 5.97 Å². The second-order valence-electron chi connectivity index (χ2n) is 4.40. The maximum Gasteiger partial charge on any atom is 0.335 e. The third-order valence-electron chi connectivity index (χ3n) is 3.00. The van der Waals surface area contributed by atoms with E-state index in [4.69, 9.17) is 21.4 Å². The van der Waals surface area contributed by atoms with Gasteiger partial charge in [0.2, 0.25) is 0 Å². The normalized spacial score (nSPS) is 10.7. The first-order chi connectivity index (χ1) is 9.93. The zero-order valence-corrected chi connectivity index (χ0v) is 13.9. The zero-order valence-electron chi connectivity index (χ0n) is 11.6. The molecule has 0 bridgehead atoms. The Labute approximate surface area is 135 Å². The van der Waals surface area contributed by atoms with Crippen molar-refractivity contribution in [1.29, 1.82) is 0 Å². The fourth-order valence-electron chi connectivity index (χ4n) is 1.90. The predicted octanol–water partition coefficient (Wildman–Crippen LogP) is 3.90. The van der Waals surface area contributed by atoms with E-state index in [2.05, 4.69) is 21.0 Å². The molecule has 0 spiro atoms. The summed E-state index contributed by atoms with van der Waals surface area (Å²) in [5, 5.41) is 13.5. The van der Waals surface area contributed by atoms with E-state index in [0.29, 0.717) is 12.4 Å². The van der Waals surface area contributed by atoms with Crippen LogP contribution in [0.15, 0.2) is 22.7 Å². The number of aromatic carboxylic acids is 1. The summed E-state index contributed by atoms with van der Waals surface area (Å²) in [6, 6.07) is 4.39. The summed E-state index contributed by atoms with van der Waals surface area (Å²) >= 11 is 9.53. The number of benzene rings is 1. The summed E-state index contributed by atoms with van der Waals surface area (Å²) in [6.07, 6.45) is 0. The van der Waals surface area contributed by atoms with Gasteiger partial charge in [0.25, 0.3) is 0 Å². The van der Waals surface area contributed by atoms with E-state index in [9.17, 15) is 4.79 Å². The van der Waals surface area contributed by atoms with Crippen molar-refractivity contribution in [3.63, 3.8) is 0 Å². The fraction of sp³-hybridized carbons (Fsp3) is 0.286. The second-order valence-corrected chi connectivity index (χ2v) is 5.60. The Hall–Kier alpha value is -1.53. The Morgan fingerprint density at radius 2 is 2.24 bits per heavy atom. The van der Waals surface area contributed by atoms with Gasteiger partial charge in [-0.25, -0.2) is 4.79 Å². The van der Waals surface area contributed by atoms with E-state index in [1.54, 1.807) is 6.07 Å². The molecule has 2 rings (SSSR count). The average molecular weight is 374 g/mol. The largest absolute Gasteiger partial charge is 0.486 e. The Kier molecular flexibility index (Phi) is 4.90. The van der Waals surface area contributed by atoms with Gasteiger partial charge in [-0.15, -0.1) is 0 Å². The number of aryl methyl sites for hydroxylation is 2. The van der Waals surface area contributed by atoms with Crippen molar-refractivity contribution in [2.24, 2.45) is 0 Å². The highest BCUT2D eigenvalue weighted by Crippen LogP contribution is 2.28. The van der Waals surface area contributed by atoms with Gasteiger partial charge >= 0.3 is 5.97 Å². The Bertz CT molecular complexity index is 685. The molecule has 0 saturated heterocycles. The molecule has 0 fully saturated rings. The minimum absolute atomic E-state index is 0.128. The molecule has 7 heteroatoms. The lowest BCUT2D eigenvalue weighted by Gasteiger charge is -2.10. The third-order valence-corrected chi connectivity index (χ3v) is 4.32. The van der Waals surface area contributed by atoms with E-state index in [1.807, 2.05) is 18.5 Å². The molecule has 5 nitrogen and oxygen atoms in total. The molecule has 112 valence electrons. The first kappa shape index (κ1) is 15.9. The third kappa shape index (κ3) is 3.39. The number of ether oxygens (including phenoxy) is 1. The number of halogens is 2. The maximum absolute atomic E-state index is 10.9. The lowest BCUT2D eigenvalue weighted by molar-refractivity contribution is 0.0697. The molecule has 2 aromatic rings. The molecule has 0 aliphatic carbocycles. The van der Waals surface area contributed by atoms with Gasteiger partial charge in [0.1, 0.15) is 12.4 Å². The fourth-order valence-corrected chi connectivity index (χ4v) is 2.54. The second kappa shape index (κ2) is 6.49. The first-order valence-corrected chi connectivity index (χ1v) is 7.48. The van der Waals surface area contributed by atoms with Crippen LogP contribution in [0.25, 0.3) is 0 Å². The molecule has 21 heavy (non-hydrogen) atoms. The van der Waals surface area contributed by atoms with Crippen LogP contribution < -0.4 is 4.74 Å². The average Bonchev–Trinajstić information content (AvgIpc) is 2.72. The SMILES string of the molecule is CCn1nc(C)c(Br)c1COc1ccc(C(=O)O)cc1Cl. The number of aromatic nitrogens is 2. The van der Waals surface area contributed by atoms with Crippen molar-refractivity contribution < 1.29 is 14.6 Å². The topological polar surface area (TPSA) is 64.4 Å². The van der Waals surface area contributed by atoms with Gasteiger partial charge in [-0.3, -0.25) is 4.68 Å². The highest BCUT2D eigenvalue weighted by atomic mass is 79.9. The van der Waals surface area contributed by atoms with Gasteiger partial charge in [0, 0.05) is 6.54 Å². The van der Waals surface area contributed by atoms with Crippen molar-refractivity contribution in [1.82, 2.24) is 9.78 Å². The van der Waals surface area contributed by atoms with Gasteiger partial charge in [-0.1, -0.05) is 11.6 Å². The highest BCUT2D eigenvalue weighted by molar-refractivity contribution is 9.10. The van der Waals surface area contributed by atoms with Crippen molar-refractivity contribution >= 4 is 33.5 Å². The van der Waals surface area contributed by atoms with Crippen LogP contribution in [0.3, 0.4) is 0 Å². The number of carboxylic acid groups (broad SMARTS) is 1. The summed E-state index contributed by atoms with van der Waals surface area (Å²) in [5.74, 6) is -0.582. The minimum Gasteiger partial charge on any atom is -0.486 e. The predicted molar refractivity (Wildman–Crippen MR) is 83.1 cm³/mol. The summed E-state index contributed by atoms with van der Waals surface area (Å²) < 4.78 is 8.43. The van der Waals surface area contributed by atoms with E-state index >= 15 is 0 Å². The van der Waals surface area contributed by atoms with Crippen LogP contribution in [-0.2, 0) is 13.2 Å². The van der Waals surface area contributed by atoms with E-state index in [0.717, 1.165) is 22.4 Å². The molecular formula is C14H14BrClN2O3. The summed E-state index contributed by atoms with van der Waals surface area (Å²) in [6.45, 7) is 4.93. The molecule has 1 aromatic heterocycles.